The van der Waals surface area contributed by atoms with Gasteiger partial charge in [0.1, 0.15) is 17.6 Å². The van der Waals surface area contributed by atoms with Crippen molar-refractivity contribution in [3.05, 3.63) is 41.6 Å². The fourth-order valence-corrected chi connectivity index (χ4v) is 1.86. The molecule has 0 aliphatic rings. The van der Waals surface area contributed by atoms with E-state index in [9.17, 15) is 4.79 Å². The second-order valence-electron chi connectivity index (χ2n) is 4.65. The van der Waals surface area contributed by atoms with Gasteiger partial charge in [0.2, 0.25) is 0 Å². The molecule has 6 heteroatoms. The first kappa shape index (κ1) is 14.6. The molecule has 108 valence electrons. The molecule has 1 atom stereocenters. The lowest BCUT2D eigenvalue weighted by Gasteiger charge is -2.15. The molecule has 0 saturated heterocycles. The average Bonchev–Trinajstić information content (AvgIpc) is 2.77. The molecule has 1 aromatic carbocycles. The van der Waals surface area contributed by atoms with Crippen molar-refractivity contribution in [2.24, 2.45) is 7.05 Å². The number of carbonyl (C=O) groups is 1. The molecule has 0 fully saturated rings. The van der Waals surface area contributed by atoms with Crippen LogP contribution in [-0.2, 0) is 11.8 Å². The summed E-state index contributed by atoms with van der Waals surface area (Å²) >= 11 is 0. The molecule has 0 radical (unpaired) electrons. The van der Waals surface area contributed by atoms with Gasteiger partial charge in [-0.3, -0.25) is 9.48 Å². The highest BCUT2D eigenvalue weighted by molar-refractivity contribution is 5.93. The number of nitrogens with zero attached hydrogens (tertiary/aromatic N) is 3. The van der Waals surface area contributed by atoms with Gasteiger partial charge in [-0.1, -0.05) is 12.1 Å². The zero-order chi connectivity index (χ0) is 15.4. The minimum Gasteiger partial charge on any atom is -0.480 e. The Kier molecular flexibility index (Phi) is 4.24. The molecule has 0 saturated carbocycles. The van der Waals surface area contributed by atoms with E-state index >= 15 is 0 Å². The molecule has 6 nitrogen and oxygen atoms in total. The molecule has 1 heterocycles. The van der Waals surface area contributed by atoms with Gasteiger partial charge in [-0.25, -0.2) is 0 Å². The van der Waals surface area contributed by atoms with Crippen LogP contribution in [0.4, 0.5) is 5.82 Å². The van der Waals surface area contributed by atoms with Crippen LogP contribution in [-0.4, -0.2) is 21.8 Å². The summed E-state index contributed by atoms with van der Waals surface area (Å²) in [5.74, 6) is 0.691. The van der Waals surface area contributed by atoms with Crippen molar-refractivity contribution in [1.29, 1.82) is 5.26 Å². The van der Waals surface area contributed by atoms with Crippen LogP contribution in [0.15, 0.2) is 30.3 Å². The van der Waals surface area contributed by atoms with Crippen molar-refractivity contribution in [3.8, 4) is 11.8 Å². The van der Waals surface area contributed by atoms with Crippen molar-refractivity contribution < 1.29 is 9.53 Å². The summed E-state index contributed by atoms with van der Waals surface area (Å²) < 4.78 is 7.14. The number of nitriles is 1. The Hall–Kier alpha value is -2.81. The number of rotatable bonds is 4. The first-order valence-electron chi connectivity index (χ1n) is 6.48. The number of nitrogens with one attached hydrogen (secondary N) is 1. The Balaban J connectivity index is 2.06. The van der Waals surface area contributed by atoms with E-state index in [-0.39, 0.29) is 5.91 Å². The Morgan fingerprint density at radius 2 is 2.19 bits per heavy atom. The Labute approximate surface area is 123 Å². The number of benzene rings is 1. The summed E-state index contributed by atoms with van der Waals surface area (Å²) in [5, 5.41) is 15.9. The van der Waals surface area contributed by atoms with Crippen molar-refractivity contribution in [2.75, 3.05) is 5.32 Å². The van der Waals surface area contributed by atoms with Crippen LogP contribution >= 0.6 is 0 Å². The quantitative estimate of drug-likeness (QED) is 0.931. The van der Waals surface area contributed by atoms with Gasteiger partial charge in [-0.05, 0) is 26.0 Å². The predicted molar refractivity (Wildman–Crippen MR) is 77.8 cm³/mol. The molecule has 1 aromatic heterocycles. The van der Waals surface area contributed by atoms with E-state index in [4.69, 9.17) is 10.00 Å². The highest BCUT2D eigenvalue weighted by atomic mass is 16.5. The largest absolute Gasteiger partial charge is 0.480 e. The summed E-state index contributed by atoms with van der Waals surface area (Å²) in [7, 11) is 1.75. The standard InChI is InChI=1S/C15H16N4O2/c1-10-8-14(19(3)18-10)17-15(20)11(2)21-13-7-5-4-6-12(13)9-16/h4-8,11H,1-3H3,(H,17,20)/t11-/m0/s1. The van der Waals surface area contributed by atoms with Crippen molar-refractivity contribution in [2.45, 2.75) is 20.0 Å². The van der Waals surface area contributed by atoms with E-state index in [0.29, 0.717) is 17.1 Å². The first-order valence-corrected chi connectivity index (χ1v) is 6.48. The number of hydrogen-bond acceptors (Lipinski definition) is 4. The molecular weight excluding hydrogens is 268 g/mol. The number of amides is 1. The van der Waals surface area contributed by atoms with E-state index in [0.717, 1.165) is 5.69 Å². The van der Waals surface area contributed by atoms with Crippen LogP contribution in [0.3, 0.4) is 0 Å². The van der Waals surface area contributed by atoms with E-state index < -0.39 is 6.10 Å². The second kappa shape index (κ2) is 6.09. The van der Waals surface area contributed by atoms with Crippen LogP contribution in [0.2, 0.25) is 0 Å². The summed E-state index contributed by atoms with van der Waals surface area (Å²) in [6.45, 7) is 3.48. The van der Waals surface area contributed by atoms with Crippen molar-refractivity contribution in [1.82, 2.24) is 9.78 Å². The maximum Gasteiger partial charge on any atom is 0.266 e. The van der Waals surface area contributed by atoms with E-state index in [2.05, 4.69) is 10.4 Å². The number of aryl methyl sites for hydroxylation is 2. The van der Waals surface area contributed by atoms with Crippen LogP contribution < -0.4 is 10.1 Å². The zero-order valence-corrected chi connectivity index (χ0v) is 12.1. The third kappa shape index (κ3) is 3.39. The van der Waals surface area contributed by atoms with Gasteiger partial charge in [0.25, 0.3) is 5.91 Å². The van der Waals surface area contributed by atoms with Gasteiger partial charge in [0.15, 0.2) is 6.10 Å². The van der Waals surface area contributed by atoms with Gasteiger partial charge in [0, 0.05) is 13.1 Å². The lowest BCUT2D eigenvalue weighted by atomic mass is 10.2. The SMILES string of the molecule is Cc1cc(NC(=O)[C@H](C)Oc2ccccc2C#N)n(C)n1. The maximum atomic E-state index is 12.1. The molecule has 21 heavy (non-hydrogen) atoms. The molecule has 1 amide bonds. The molecule has 2 rings (SSSR count). The van der Waals surface area contributed by atoms with Crippen LogP contribution in [0.5, 0.6) is 5.75 Å². The molecular formula is C15H16N4O2. The Morgan fingerprint density at radius 3 is 2.81 bits per heavy atom. The topological polar surface area (TPSA) is 79.9 Å². The third-order valence-electron chi connectivity index (χ3n) is 2.93. The number of anilines is 1. The van der Waals surface area contributed by atoms with Gasteiger partial charge in [-0.15, -0.1) is 0 Å². The van der Waals surface area contributed by atoms with Crippen LogP contribution in [0.1, 0.15) is 18.2 Å². The van der Waals surface area contributed by atoms with Gasteiger partial charge in [-0.2, -0.15) is 10.4 Å². The predicted octanol–water partition coefficient (Wildman–Crippen LogP) is 2.01. The Bertz CT molecular complexity index is 700. The number of carbonyl (C=O) groups excluding carboxylic acids is 1. The van der Waals surface area contributed by atoms with Gasteiger partial charge >= 0.3 is 0 Å². The van der Waals surface area contributed by atoms with Crippen molar-refractivity contribution >= 4 is 11.7 Å². The number of hydrogen-bond donors (Lipinski definition) is 1. The van der Waals surface area contributed by atoms with Crippen LogP contribution in [0.25, 0.3) is 0 Å². The minimum absolute atomic E-state index is 0.300. The maximum absolute atomic E-state index is 12.1. The molecule has 0 aliphatic heterocycles. The van der Waals surface area contributed by atoms with E-state index in [1.807, 2.05) is 13.0 Å². The smallest absolute Gasteiger partial charge is 0.266 e. The molecule has 1 N–H and O–H groups in total. The third-order valence-corrected chi connectivity index (χ3v) is 2.93. The fourth-order valence-electron chi connectivity index (χ4n) is 1.86. The summed E-state index contributed by atoms with van der Waals surface area (Å²) in [6, 6.07) is 10.6. The molecule has 0 unspecified atom stereocenters. The fraction of sp³-hybridized carbons (Fsp3) is 0.267. The lowest BCUT2D eigenvalue weighted by Crippen LogP contribution is -2.31. The highest BCUT2D eigenvalue weighted by Gasteiger charge is 2.17. The number of para-hydroxylation sites is 1. The molecule has 0 bridgehead atoms. The van der Waals surface area contributed by atoms with Gasteiger partial charge < -0.3 is 10.1 Å². The van der Waals surface area contributed by atoms with E-state index in [1.165, 1.54) is 0 Å². The second-order valence-corrected chi connectivity index (χ2v) is 4.65. The zero-order valence-electron chi connectivity index (χ0n) is 12.1. The summed E-state index contributed by atoms with van der Waals surface area (Å²) in [5.41, 5.74) is 1.21. The van der Waals surface area contributed by atoms with E-state index in [1.54, 1.807) is 49.0 Å². The summed E-state index contributed by atoms with van der Waals surface area (Å²) in [4.78, 5) is 12.1. The lowest BCUT2D eigenvalue weighted by molar-refractivity contribution is -0.122. The summed E-state index contributed by atoms with van der Waals surface area (Å²) in [6.07, 6.45) is -0.727. The number of aromatic nitrogens is 2. The monoisotopic (exact) mass is 284 g/mol. The normalized spacial score (nSPS) is 11.5. The Morgan fingerprint density at radius 1 is 1.48 bits per heavy atom. The highest BCUT2D eigenvalue weighted by Crippen LogP contribution is 2.18. The van der Waals surface area contributed by atoms with Crippen molar-refractivity contribution in [3.63, 3.8) is 0 Å². The minimum atomic E-state index is -0.727. The van der Waals surface area contributed by atoms with Gasteiger partial charge in [0.05, 0.1) is 11.3 Å². The molecule has 0 aliphatic carbocycles. The number of ether oxygens (including phenoxy) is 1. The van der Waals surface area contributed by atoms with Crippen LogP contribution in [0, 0.1) is 18.3 Å². The molecule has 0 spiro atoms. The first-order chi connectivity index (χ1) is 10.0. The molecule has 2 aromatic rings. The average molecular weight is 284 g/mol.